The minimum Gasteiger partial charge on any atom is -0.366 e. The predicted octanol–water partition coefficient (Wildman–Crippen LogP) is 3.01. The first-order valence-corrected chi connectivity index (χ1v) is 11.7. The number of amides is 1. The summed E-state index contributed by atoms with van der Waals surface area (Å²) in [7, 11) is 2.20. The number of para-hydroxylation sites is 1. The standard InChI is InChI=1S/C25H32N6O/c1-18(32)30-12-14-31(15-13-30)23-10-4-9-21-25(23)28-24(27-21)17-29(2)20-8-3-6-19-7-5-11-26-22(19)16-20/h4-5,7,9-11,20H,3,6,8,12-17H2,1-2H3,(H,27,28). The number of nitrogens with one attached hydrogen (secondary N) is 1. The number of rotatable bonds is 4. The molecule has 0 saturated carbocycles. The smallest absolute Gasteiger partial charge is 0.219 e. The fourth-order valence-corrected chi connectivity index (χ4v) is 5.14. The Labute approximate surface area is 189 Å². The molecule has 7 heteroatoms. The van der Waals surface area contributed by atoms with E-state index in [1.165, 1.54) is 24.1 Å². The number of hydrogen-bond donors (Lipinski definition) is 1. The quantitative estimate of drug-likeness (QED) is 0.642. The van der Waals surface area contributed by atoms with Crippen molar-refractivity contribution < 1.29 is 4.79 Å². The zero-order valence-electron chi connectivity index (χ0n) is 19.0. The molecule has 1 aromatic carbocycles. The van der Waals surface area contributed by atoms with E-state index in [9.17, 15) is 4.79 Å². The van der Waals surface area contributed by atoms with Crippen LogP contribution >= 0.6 is 0 Å². The topological polar surface area (TPSA) is 68.4 Å². The van der Waals surface area contributed by atoms with E-state index in [0.29, 0.717) is 6.04 Å². The van der Waals surface area contributed by atoms with Crippen molar-refractivity contribution in [1.29, 1.82) is 0 Å². The summed E-state index contributed by atoms with van der Waals surface area (Å²) >= 11 is 0. The van der Waals surface area contributed by atoms with Crippen LogP contribution in [0.4, 0.5) is 5.69 Å². The van der Waals surface area contributed by atoms with Gasteiger partial charge in [-0.1, -0.05) is 12.1 Å². The summed E-state index contributed by atoms with van der Waals surface area (Å²) in [5.41, 5.74) is 5.91. The zero-order chi connectivity index (χ0) is 22.1. The first-order chi connectivity index (χ1) is 15.6. The Bertz CT molecular complexity index is 1100. The van der Waals surface area contributed by atoms with Gasteiger partial charge in [0, 0.05) is 57.5 Å². The summed E-state index contributed by atoms with van der Waals surface area (Å²) in [6.45, 7) is 5.66. The van der Waals surface area contributed by atoms with E-state index in [2.05, 4.69) is 57.1 Å². The van der Waals surface area contributed by atoms with Crippen LogP contribution in [0.2, 0.25) is 0 Å². The number of fused-ring (bicyclic) bond motifs is 2. The molecule has 1 unspecified atom stereocenters. The van der Waals surface area contributed by atoms with E-state index in [4.69, 9.17) is 4.98 Å². The fourth-order valence-electron chi connectivity index (χ4n) is 5.14. The molecule has 0 spiro atoms. The third-order valence-electron chi connectivity index (χ3n) is 7.03. The van der Waals surface area contributed by atoms with Crippen LogP contribution in [-0.2, 0) is 24.2 Å². The fraction of sp³-hybridized carbons (Fsp3) is 0.480. The number of nitrogens with zero attached hydrogens (tertiary/aromatic N) is 5. The molecule has 2 aliphatic rings. The number of aromatic amines is 1. The number of imidazole rings is 1. The Balaban J connectivity index is 1.31. The van der Waals surface area contributed by atoms with Crippen molar-refractivity contribution in [3.8, 4) is 0 Å². The minimum absolute atomic E-state index is 0.157. The van der Waals surface area contributed by atoms with Gasteiger partial charge < -0.3 is 14.8 Å². The van der Waals surface area contributed by atoms with Gasteiger partial charge in [-0.25, -0.2) is 4.98 Å². The summed E-state index contributed by atoms with van der Waals surface area (Å²) in [5, 5.41) is 0. The highest BCUT2D eigenvalue weighted by molar-refractivity contribution is 5.89. The molecule has 1 atom stereocenters. The zero-order valence-corrected chi connectivity index (χ0v) is 19.0. The number of carbonyl (C=O) groups excluding carboxylic acids is 1. The highest BCUT2D eigenvalue weighted by Gasteiger charge is 2.24. The Morgan fingerprint density at radius 3 is 2.84 bits per heavy atom. The van der Waals surface area contributed by atoms with Gasteiger partial charge in [0.05, 0.1) is 17.7 Å². The average molecular weight is 433 g/mol. The first-order valence-electron chi connectivity index (χ1n) is 11.7. The number of aromatic nitrogens is 3. The van der Waals surface area contributed by atoms with Crippen molar-refractivity contribution in [3.05, 3.63) is 53.6 Å². The molecule has 0 bridgehead atoms. The van der Waals surface area contributed by atoms with Gasteiger partial charge in [-0.2, -0.15) is 0 Å². The molecule has 3 heterocycles. The average Bonchev–Trinajstić information content (AvgIpc) is 3.08. The number of pyridine rings is 1. The molecule has 168 valence electrons. The van der Waals surface area contributed by atoms with Crippen molar-refractivity contribution in [2.75, 3.05) is 38.1 Å². The van der Waals surface area contributed by atoms with Crippen molar-refractivity contribution in [1.82, 2.24) is 24.8 Å². The maximum Gasteiger partial charge on any atom is 0.219 e. The number of piperazine rings is 1. The van der Waals surface area contributed by atoms with Crippen LogP contribution in [0.25, 0.3) is 11.0 Å². The Morgan fingerprint density at radius 2 is 2.03 bits per heavy atom. The number of H-pyrrole nitrogens is 1. The van der Waals surface area contributed by atoms with E-state index in [1.54, 1.807) is 6.92 Å². The van der Waals surface area contributed by atoms with Crippen LogP contribution in [-0.4, -0.2) is 69.9 Å². The second-order valence-electron chi connectivity index (χ2n) is 9.12. The molecule has 1 saturated heterocycles. The lowest BCUT2D eigenvalue weighted by atomic mass is 10.1. The maximum atomic E-state index is 11.7. The van der Waals surface area contributed by atoms with Crippen molar-refractivity contribution in [2.24, 2.45) is 0 Å². The van der Waals surface area contributed by atoms with Gasteiger partial charge in [-0.05, 0) is 50.1 Å². The van der Waals surface area contributed by atoms with E-state index < -0.39 is 0 Å². The van der Waals surface area contributed by atoms with Gasteiger partial charge >= 0.3 is 0 Å². The largest absolute Gasteiger partial charge is 0.366 e. The molecular formula is C25H32N6O. The van der Waals surface area contributed by atoms with Crippen LogP contribution in [0, 0.1) is 0 Å². The van der Waals surface area contributed by atoms with Gasteiger partial charge in [0.25, 0.3) is 0 Å². The second kappa shape index (κ2) is 8.90. The van der Waals surface area contributed by atoms with Crippen molar-refractivity contribution in [2.45, 2.75) is 45.2 Å². The van der Waals surface area contributed by atoms with E-state index in [1.807, 2.05) is 11.1 Å². The highest BCUT2D eigenvalue weighted by atomic mass is 16.2. The molecule has 1 fully saturated rings. The maximum absolute atomic E-state index is 11.7. The minimum atomic E-state index is 0.157. The van der Waals surface area contributed by atoms with E-state index in [0.717, 1.165) is 68.1 Å². The predicted molar refractivity (Wildman–Crippen MR) is 127 cm³/mol. The van der Waals surface area contributed by atoms with Crippen molar-refractivity contribution in [3.63, 3.8) is 0 Å². The molecule has 1 aliphatic heterocycles. The lowest BCUT2D eigenvalue weighted by Gasteiger charge is -2.35. The molecule has 1 aliphatic carbocycles. The summed E-state index contributed by atoms with van der Waals surface area (Å²) in [5.74, 6) is 1.16. The molecule has 0 radical (unpaired) electrons. The third kappa shape index (κ3) is 4.21. The Morgan fingerprint density at radius 1 is 1.19 bits per heavy atom. The van der Waals surface area contributed by atoms with Crippen molar-refractivity contribution >= 4 is 22.6 Å². The second-order valence-corrected chi connectivity index (χ2v) is 9.12. The van der Waals surface area contributed by atoms with E-state index in [-0.39, 0.29) is 5.91 Å². The lowest BCUT2D eigenvalue weighted by molar-refractivity contribution is -0.129. The van der Waals surface area contributed by atoms with E-state index >= 15 is 0 Å². The van der Waals surface area contributed by atoms with Gasteiger partial charge in [0.1, 0.15) is 11.3 Å². The molecular weight excluding hydrogens is 400 g/mol. The lowest BCUT2D eigenvalue weighted by Crippen LogP contribution is -2.48. The number of benzene rings is 1. The van der Waals surface area contributed by atoms with Gasteiger partial charge in [-0.3, -0.25) is 14.7 Å². The number of anilines is 1. The normalized spacial score (nSPS) is 19.3. The summed E-state index contributed by atoms with van der Waals surface area (Å²) in [6.07, 6.45) is 6.41. The van der Waals surface area contributed by atoms with Crippen LogP contribution in [0.15, 0.2) is 36.5 Å². The number of aryl methyl sites for hydroxylation is 1. The molecule has 1 N–H and O–H groups in total. The number of likely N-dealkylation sites (N-methyl/N-ethyl adjacent to an activating group) is 1. The molecule has 2 aromatic heterocycles. The van der Waals surface area contributed by atoms with Crippen LogP contribution in [0.1, 0.15) is 36.8 Å². The number of carbonyl (C=O) groups is 1. The van der Waals surface area contributed by atoms with Crippen LogP contribution in [0.5, 0.6) is 0 Å². The highest BCUT2D eigenvalue weighted by Crippen LogP contribution is 2.27. The third-order valence-corrected chi connectivity index (χ3v) is 7.03. The van der Waals surface area contributed by atoms with Crippen LogP contribution < -0.4 is 4.90 Å². The van der Waals surface area contributed by atoms with Gasteiger partial charge in [0.15, 0.2) is 0 Å². The van der Waals surface area contributed by atoms with Gasteiger partial charge in [-0.15, -0.1) is 0 Å². The molecule has 3 aromatic rings. The molecule has 5 rings (SSSR count). The molecule has 7 nitrogen and oxygen atoms in total. The first kappa shape index (κ1) is 20.9. The monoisotopic (exact) mass is 432 g/mol. The summed E-state index contributed by atoms with van der Waals surface area (Å²) in [4.78, 5) is 31.6. The number of hydrogen-bond acceptors (Lipinski definition) is 5. The SMILES string of the molecule is CC(=O)N1CCN(c2cccc3[nH]c(CN(C)C4CCCc5cccnc5C4)nc23)CC1. The van der Waals surface area contributed by atoms with Gasteiger partial charge in [0.2, 0.25) is 5.91 Å². The molecule has 1 amide bonds. The molecule has 32 heavy (non-hydrogen) atoms. The summed E-state index contributed by atoms with van der Waals surface area (Å²) < 4.78 is 0. The summed E-state index contributed by atoms with van der Waals surface area (Å²) in [6, 6.07) is 11.1. The Kier molecular flexibility index (Phi) is 5.83. The Hall–Kier alpha value is -2.93. The van der Waals surface area contributed by atoms with Crippen LogP contribution in [0.3, 0.4) is 0 Å².